The Labute approximate surface area is 99.7 Å². The zero-order chi connectivity index (χ0) is 12.9. The van der Waals surface area contributed by atoms with E-state index in [4.69, 9.17) is 0 Å². The maximum absolute atomic E-state index is 10.9. The number of non-ortho nitro benzene ring substituents is 1. The van der Waals surface area contributed by atoms with E-state index in [1.165, 1.54) is 18.4 Å². The molecule has 0 radical (unpaired) electrons. The molecule has 17 heavy (non-hydrogen) atoms. The van der Waals surface area contributed by atoms with Crippen LogP contribution in [-0.4, -0.2) is 31.9 Å². The average molecular weight is 258 g/mol. The van der Waals surface area contributed by atoms with E-state index < -0.39 is 14.8 Å². The van der Waals surface area contributed by atoms with E-state index in [2.05, 4.69) is 5.32 Å². The quantitative estimate of drug-likeness (QED) is 0.474. The van der Waals surface area contributed by atoms with Crippen molar-refractivity contribution in [3.8, 4) is 0 Å². The number of nitro groups is 1. The third-order valence-electron chi connectivity index (χ3n) is 2.08. The van der Waals surface area contributed by atoms with Gasteiger partial charge in [0, 0.05) is 30.6 Å². The third-order valence-corrected chi connectivity index (χ3v) is 3.11. The Hall–Kier alpha value is -1.63. The van der Waals surface area contributed by atoms with Crippen LogP contribution in [0.3, 0.4) is 0 Å². The van der Waals surface area contributed by atoms with Crippen LogP contribution in [0.2, 0.25) is 0 Å². The first-order valence-corrected chi connectivity index (χ1v) is 7.10. The molecule has 6 nitrogen and oxygen atoms in total. The maximum atomic E-state index is 10.9. The summed E-state index contributed by atoms with van der Waals surface area (Å²) in [7, 11) is -2.95. The summed E-state index contributed by atoms with van der Waals surface area (Å²) in [6, 6.07) is 6.10. The van der Waals surface area contributed by atoms with Crippen LogP contribution >= 0.6 is 0 Å². The molecule has 0 atom stereocenters. The number of sulfone groups is 1. The minimum Gasteiger partial charge on any atom is -0.385 e. The van der Waals surface area contributed by atoms with E-state index in [-0.39, 0.29) is 11.4 Å². The summed E-state index contributed by atoms with van der Waals surface area (Å²) in [5.41, 5.74) is 0.630. The SMILES string of the molecule is CS(=O)(=O)CCCNc1cccc([N+](=O)[O-])c1. The van der Waals surface area contributed by atoms with Crippen LogP contribution in [0.1, 0.15) is 6.42 Å². The van der Waals surface area contributed by atoms with Gasteiger partial charge in [0.1, 0.15) is 9.84 Å². The van der Waals surface area contributed by atoms with Gasteiger partial charge >= 0.3 is 0 Å². The molecule has 0 spiro atoms. The van der Waals surface area contributed by atoms with Gasteiger partial charge in [-0.3, -0.25) is 10.1 Å². The second kappa shape index (κ2) is 5.62. The van der Waals surface area contributed by atoms with Gasteiger partial charge in [-0.05, 0) is 12.5 Å². The van der Waals surface area contributed by atoms with Gasteiger partial charge in [0.2, 0.25) is 0 Å². The number of nitrogens with one attached hydrogen (secondary N) is 1. The van der Waals surface area contributed by atoms with Crippen molar-refractivity contribution in [3.05, 3.63) is 34.4 Å². The summed E-state index contributed by atoms with van der Waals surface area (Å²) in [5.74, 6) is 0.106. The van der Waals surface area contributed by atoms with Gasteiger partial charge in [-0.2, -0.15) is 0 Å². The van der Waals surface area contributed by atoms with Crippen LogP contribution in [0.15, 0.2) is 24.3 Å². The van der Waals surface area contributed by atoms with Gasteiger partial charge in [-0.25, -0.2) is 8.42 Å². The molecule has 0 aliphatic carbocycles. The largest absolute Gasteiger partial charge is 0.385 e. The third kappa shape index (κ3) is 5.30. The summed E-state index contributed by atoms with van der Waals surface area (Å²) in [4.78, 5) is 10.0. The van der Waals surface area contributed by atoms with Crippen LogP contribution in [0.25, 0.3) is 0 Å². The Morgan fingerprint density at radius 1 is 1.41 bits per heavy atom. The van der Waals surface area contributed by atoms with Crippen molar-refractivity contribution in [2.45, 2.75) is 6.42 Å². The molecule has 0 aliphatic rings. The Morgan fingerprint density at radius 3 is 2.71 bits per heavy atom. The zero-order valence-electron chi connectivity index (χ0n) is 9.42. The molecule has 0 aliphatic heterocycles. The summed E-state index contributed by atoms with van der Waals surface area (Å²) in [6.45, 7) is 0.467. The van der Waals surface area contributed by atoms with Crippen molar-refractivity contribution in [2.75, 3.05) is 23.9 Å². The van der Waals surface area contributed by atoms with Crippen molar-refractivity contribution in [3.63, 3.8) is 0 Å². The van der Waals surface area contributed by atoms with Crippen molar-refractivity contribution in [1.29, 1.82) is 0 Å². The fourth-order valence-electron chi connectivity index (χ4n) is 1.30. The van der Waals surface area contributed by atoms with E-state index in [1.54, 1.807) is 12.1 Å². The summed E-state index contributed by atoms with van der Waals surface area (Å²) < 4.78 is 21.7. The lowest BCUT2D eigenvalue weighted by atomic mass is 10.3. The molecule has 94 valence electrons. The van der Waals surface area contributed by atoms with Crippen molar-refractivity contribution in [1.82, 2.24) is 0 Å². The van der Waals surface area contributed by atoms with Crippen molar-refractivity contribution >= 4 is 21.2 Å². The summed E-state index contributed by atoms with van der Waals surface area (Å²) >= 11 is 0. The Morgan fingerprint density at radius 2 is 2.12 bits per heavy atom. The molecule has 1 aromatic rings. The normalized spacial score (nSPS) is 11.1. The highest BCUT2D eigenvalue weighted by Crippen LogP contribution is 2.16. The smallest absolute Gasteiger partial charge is 0.271 e. The number of anilines is 1. The molecule has 0 heterocycles. The molecule has 1 aromatic carbocycles. The van der Waals surface area contributed by atoms with E-state index in [9.17, 15) is 18.5 Å². The topological polar surface area (TPSA) is 89.3 Å². The van der Waals surface area contributed by atoms with E-state index in [1.807, 2.05) is 0 Å². The second-order valence-electron chi connectivity index (χ2n) is 3.72. The molecule has 0 aromatic heterocycles. The van der Waals surface area contributed by atoms with Crippen LogP contribution in [0.5, 0.6) is 0 Å². The maximum Gasteiger partial charge on any atom is 0.271 e. The molecule has 1 N–H and O–H groups in total. The lowest BCUT2D eigenvalue weighted by molar-refractivity contribution is -0.384. The highest BCUT2D eigenvalue weighted by Gasteiger charge is 2.05. The standard InChI is InChI=1S/C10H14N2O4S/c1-17(15,16)7-3-6-11-9-4-2-5-10(8-9)12(13)14/h2,4-5,8,11H,3,6-7H2,1H3. The highest BCUT2D eigenvalue weighted by molar-refractivity contribution is 7.90. The van der Waals surface area contributed by atoms with Crippen molar-refractivity contribution < 1.29 is 13.3 Å². The van der Waals surface area contributed by atoms with Crippen LogP contribution in [0, 0.1) is 10.1 Å². The molecule has 0 unspecified atom stereocenters. The monoisotopic (exact) mass is 258 g/mol. The number of nitrogens with zero attached hydrogens (tertiary/aromatic N) is 1. The number of hydrogen-bond donors (Lipinski definition) is 1. The van der Waals surface area contributed by atoms with Gasteiger partial charge in [0.05, 0.1) is 10.7 Å². The zero-order valence-corrected chi connectivity index (χ0v) is 10.2. The van der Waals surface area contributed by atoms with Gasteiger partial charge in [0.15, 0.2) is 0 Å². The van der Waals surface area contributed by atoms with E-state index >= 15 is 0 Å². The minimum atomic E-state index is -2.95. The van der Waals surface area contributed by atoms with Crippen LogP contribution in [-0.2, 0) is 9.84 Å². The average Bonchev–Trinajstić information content (AvgIpc) is 2.23. The summed E-state index contributed by atoms with van der Waals surface area (Å²) in [6.07, 6.45) is 1.65. The Bertz CT molecular complexity index is 499. The molecular weight excluding hydrogens is 244 g/mol. The first-order chi connectivity index (χ1) is 7.88. The van der Waals surface area contributed by atoms with Gasteiger partial charge < -0.3 is 5.32 Å². The molecular formula is C10H14N2O4S. The van der Waals surface area contributed by atoms with Crippen molar-refractivity contribution in [2.24, 2.45) is 0 Å². The van der Waals surface area contributed by atoms with Gasteiger partial charge in [0.25, 0.3) is 5.69 Å². The lowest BCUT2D eigenvalue weighted by Crippen LogP contribution is -2.09. The molecule has 0 saturated carbocycles. The molecule has 0 amide bonds. The predicted molar refractivity (Wildman–Crippen MR) is 65.9 cm³/mol. The number of benzene rings is 1. The Kier molecular flexibility index (Phi) is 4.45. The lowest BCUT2D eigenvalue weighted by Gasteiger charge is -2.05. The molecule has 0 fully saturated rings. The molecule has 1 rings (SSSR count). The first-order valence-electron chi connectivity index (χ1n) is 5.04. The second-order valence-corrected chi connectivity index (χ2v) is 5.98. The predicted octanol–water partition coefficient (Wildman–Crippen LogP) is 1.44. The highest BCUT2D eigenvalue weighted by atomic mass is 32.2. The molecule has 7 heteroatoms. The first kappa shape index (κ1) is 13.4. The van der Waals surface area contributed by atoms with E-state index in [0.29, 0.717) is 18.7 Å². The van der Waals surface area contributed by atoms with Gasteiger partial charge in [-0.15, -0.1) is 0 Å². The van der Waals surface area contributed by atoms with Gasteiger partial charge in [-0.1, -0.05) is 6.07 Å². The molecule has 0 bridgehead atoms. The van der Waals surface area contributed by atoms with Crippen LogP contribution in [0.4, 0.5) is 11.4 Å². The number of hydrogen-bond acceptors (Lipinski definition) is 5. The fraction of sp³-hybridized carbons (Fsp3) is 0.400. The minimum absolute atomic E-state index is 0.0121. The number of nitro benzene ring substituents is 1. The number of rotatable bonds is 6. The summed E-state index contributed by atoms with van der Waals surface area (Å²) in [5, 5.41) is 13.5. The fourth-order valence-corrected chi connectivity index (χ4v) is 1.97. The Balaban J connectivity index is 2.47. The van der Waals surface area contributed by atoms with Crippen LogP contribution < -0.4 is 5.32 Å². The molecule has 0 saturated heterocycles. The van der Waals surface area contributed by atoms with E-state index in [0.717, 1.165) is 0 Å².